The van der Waals surface area contributed by atoms with Crippen molar-refractivity contribution in [2.45, 2.75) is 20.3 Å². The van der Waals surface area contributed by atoms with E-state index in [1.54, 1.807) is 12.4 Å². The van der Waals surface area contributed by atoms with E-state index in [0.717, 1.165) is 17.6 Å². The molecule has 0 unspecified atom stereocenters. The van der Waals surface area contributed by atoms with Gasteiger partial charge in [-0.1, -0.05) is 6.92 Å². The molecule has 2 heterocycles. The second kappa shape index (κ2) is 3.38. The van der Waals surface area contributed by atoms with Crippen LogP contribution in [0.5, 0.6) is 0 Å². The first kappa shape index (κ1) is 9.71. The zero-order valence-electron chi connectivity index (χ0n) is 8.69. The normalized spacial score (nSPS) is 10.8. The van der Waals surface area contributed by atoms with Gasteiger partial charge in [0, 0.05) is 11.2 Å². The molecule has 0 aliphatic rings. The van der Waals surface area contributed by atoms with E-state index in [-0.39, 0.29) is 5.69 Å². The third kappa shape index (κ3) is 1.48. The molecular weight excluding hydrogens is 192 g/mol. The minimum Gasteiger partial charge on any atom is -0.477 e. The van der Waals surface area contributed by atoms with Crippen molar-refractivity contribution >= 4 is 11.5 Å². The predicted molar refractivity (Wildman–Crippen MR) is 56.3 cm³/mol. The summed E-state index contributed by atoms with van der Waals surface area (Å²) in [5, 5.41) is 8.81. The van der Waals surface area contributed by atoms with Gasteiger partial charge in [0.2, 0.25) is 0 Å². The topological polar surface area (TPSA) is 54.6 Å². The van der Waals surface area contributed by atoms with E-state index in [4.69, 9.17) is 5.11 Å². The number of nitrogens with zero attached hydrogens (tertiary/aromatic N) is 2. The number of aromatic nitrogens is 2. The van der Waals surface area contributed by atoms with Crippen molar-refractivity contribution in [1.82, 2.24) is 9.38 Å². The van der Waals surface area contributed by atoms with Crippen molar-refractivity contribution in [2.24, 2.45) is 0 Å². The first-order valence-electron chi connectivity index (χ1n) is 4.83. The lowest BCUT2D eigenvalue weighted by Crippen LogP contribution is -2.01. The second-order valence-electron chi connectivity index (χ2n) is 3.48. The number of fused-ring (bicyclic) bond motifs is 1. The fourth-order valence-corrected chi connectivity index (χ4v) is 1.74. The second-order valence-corrected chi connectivity index (χ2v) is 3.48. The van der Waals surface area contributed by atoms with Crippen molar-refractivity contribution in [3.8, 4) is 0 Å². The highest BCUT2D eigenvalue weighted by atomic mass is 16.4. The van der Waals surface area contributed by atoms with Crippen LogP contribution in [-0.4, -0.2) is 20.5 Å². The Kier molecular flexibility index (Phi) is 2.19. The van der Waals surface area contributed by atoms with Crippen LogP contribution in [0.1, 0.15) is 28.7 Å². The molecule has 4 nitrogen and oxygen atoms in total. The maximum atomic E-state index is 10.7. The van der Waals surface area contributed by atoms with E-state index in [2.05, 4.69) is 11.9 Å². The van der Waals surface area contributed by atoms with Crippen LogP contribution in [0.2, 0.25) is 0 Å². The van der Waals surface area contributed by atoms with Gasteiger partial charge in [-0.15, -0.1) is 0 Å². The summed E-state index contributed by atoms with van der Waals surface area (Å²) in [5.74, 6) is -0.991. The Hall–Kier alpha value is -1.84. The molecule has 0 atom stereocenters. The summed E-state index contributed by atoms with van der Waals surface area (Å²) in [6.07, 6.45) is 2.50. The smallest absolute Gasteiger partial charge is 0.354 e. The van der Waals surface area contributed by atoms with Crippen LogP contribution in [0.15, 0.2) is 18.5 Å². The molecule has 0 bridgehead atoms. The molecule has 0 amide bonds. The van der Waals surface area contributed by atoms with E-state index in [9.17, 15) is 4.79 Å². The van der Waals surface area contributed by atoms with Gasteiger partial charge in [0.05, 0.1) is 0 Å². The van der Waals surface area contributed by atoms with Gasteiger partial charge >= 0.3 is 5.97 Å². The standard InChI is InChI=1S/C11H12N2O2/c1-3-8-4-9-5-10(11(14)15)12-6-13(9)7(8)2/h4-6H,3H2,1-2H3,(H,14,15). The predicted octanol–water partition coefficient (Wildman–Crippen LogP) is 1.90. The molecular formula is C11H12N2O2. The molecule has 15 heavy (non-hydrogen) atoms. The Labute approximate surface area is 87.2 Å². The molecule has 0 radical (unpaired) electrons. The zero-order chi connectivity index (χ0) is 11.0. The van der Waals surface area contributed by atoms with Crippen LogP contribution in [0, 0.1) is 6.92 Å². The average molecular weight is 204 g/mol. The summed E-state index contributed by atoms with van der Waals surface area (Å²) in [7, 11) is 0. The van der Waals surface area contributed by atoms with Crippen molar-refractivity contribution in [1.29, 1.82) is 0 Å². The lowest BCUT2D eigenvalue weighted by molar-refractivity contribution is 0.0690. The van der Waals surface area contributed by atoms with Crippen molar-refractivity contribution in [3.05, 3.63) is 35.4 Å². The molecule has 78 valence electrons. The molecule has 0 aromatic carbocycles. The number of carbonyl (C=O) groups is 1. The largest absolute Gasteiger partial charge is 0.477 e. The number of carboxylic acids is 1. The third-order valence-corrected chi connectivity index (χ3v) is 2.62. The lowest BCUT2D eigenvalue weighted by atomic mass is 10.2. The molecule has 2 aromatic rings. The number of aromatic carboxylic acids is 1. The van der Waals surface area contributed by atoms with Crippen LogP contribution in [0.4, 0.5) is 0 Å². The molecule has 0 fully saturated rings. The number of aryl methyl sites for hydroxylation is 2. The minimum absolute atomic E-state index is 0.0858. The number of carboxylic acid groups (broad SMARTS) is 1. The van der Waals surface area contributed by atoms with Gasteiger partial charge in [-0.05, 0) is 31.0 Å². The molecule has 0 saturated heterocycles. The molecule has 1 N–H and O–H groups in total. The van der Waals surface area contributed by atoms with E-state index in [0.29, 0.717) is 0 Å². The van der Waals surface area contributed by atoms with E-state index < -0.39 is 5.97 Å². The van der Waals surface area contributed by atoms with E-state index >= 15 is 0 Å². The van der Waals surface area contributed by atoms with E-state index in [1.165, 1.54) is 5.56 Å². The minimum atomic E-state index is -0.991. The molecule has 2 rings (SSSR count). The van der Waals surface area contributed by atoms with Crippen LogP contribution < -0.4 is 0 Å². The van der Waals surface area contributed by atoms with Crippen LogP contribution in [0.25, 0.3) is 5.52 Å². The zero-order valence-corrected chi connectivity index (χ0v) is 8.69. The fraction of sp³-hybridized carbons (Fsp3) is 0.273. The van der Waals surface area contributed by atoms with Crippen LogP contribution >= 0.6 is 0 Å². The number of hydrogen-bond acceptors (Lipinski definition) is 2. The van der Waals surface area contributed by atoms with Gasteiger partial charge in [0.25, 0.3) is 0 Å². The summed E-state index contributed by atoms with van der Waals surface area (Å²) in [5.41, 5.74) is 3.32. The average Bonchev–Trinajstić information content (AvgIpc) is 2.55. The summed E-state index contributed by atoms with van der Waals surface area (Å²) in [6, 6.07) is 3.60. The number of rotatable bonds is 2. The monoisotopic (exact) mass is 204 g/mol. The van der Waals surface area contributed by atoms with Gasteiger partial charge in [-0.2, -0.15) is 0 Å². The SMILES string of the molecule is CCc1cc2cc(C(=O)O)ncn2c1C. The fourth-order valence-electron chi connectivity index (χ4n) is 1.74. The van der Waals surface area contributed by atoms with Crippen molar-refractivity contribution in [2.75, 3.05) is 0 Å². The summed E-state index contributed by atoms with van der Waals surface area (Å²) in [6.45, 7) is 4.08. The molecule has 0 aliphatic heterocycles. The quantitative estimate of drug-likeness (QED) is 0.812. The third-order valence-electron chi connectivity index (χ3n) is 2.62. The van der Waals surface area contributed by atoms with Crippen molar-refractivity contribution < 1.29 is 9.90 Å². The summed E-state index contributed by atoms with van der Waals surface area (Å²) >= 11 is 0. The van der Waals surface area contributed by atoms with Gasteiger partial charge < -0.3 is 9.51 Å². The number of hydrogen-bond donors (Lipinski definition) is 1. The Balaban J connectivity index is 2.68. The molecule has 0 saturated carbocycles. The first-order chi connectivity index (χ1) is 7.13. The molecule has 4 heteroatoms. The van der Waals surface area contributed by atoms with Gasteiger partial charge in [0.15, 0.2) is 5.69 Å². The molecule has 2 aromatic heterocycles. The van der Waals surface area contributed by atoms with Gasteiger partial charge in [-0.25, -0.2) is 9.78 Å². The lowest BCUT2D eigenvalue weighted by Gasteiger charge is -1.99. The Morgan fingerprint density at radius 2 is 2.27 bits per heavy atom. The van der Waals surface area contributed by atoms with Crippen molar-refractivity contribution in [3.63, 3.8) is 0 Å². The van der Waals surface area contributed by atoms with Crippen LogP contribution in [-0.2, 0) is 6.42 Å². The van der Waals surface area contributed by atoms with E-state index in [1.807, 2.05) is 17.4 Å². The summed E-state index contributed by atoms with van der Waals surface area (Å²) < 4.78 is 1.91. The first-order valence-corrected chi connectivity index (χ1v) is 4.83. The summed E-state index contributed by atoms with van der Waals surface area (Å²) in [4.78, 5) is 14.6. The highest BCUT2D eigenvalue weighted by Gasteiger charge is 2.09. The van der Waals surface area contributed by atoms with Gasteiger partial charge in [-0.3, -0.25) is 0 Å². The maximum absolute atomic E-state index is 10.7. The van der Waals surface area contributed by atoms with Gasteiger partial charge in [0.1, 0.15) is 6.33 Å². The molecule has 0 spiro atoms. The van der Waals surface area contributed by atoms with Crippen LogP contribution in [0.3, 0.4) is 0 Å². The Bertz CT molecular complexity index is 529. The maximum Gasteiger partial charge on any atom is 0.354 e. The Morgan fingerprint density at radius 3 is 2.87 bits per heavy atom. The Morgan fingerprint density at radius 1 is 1.53 bits per heavy atom. The molecule has 0 aliphatic carbocycles. The highest BCUT2D eigenvalue weighted by Crippen LogP contribution is 2.16. The highest BCUT2D eigenvalue weighted by molar-refractivity contribution is 5.86.